The summed E-state index contributed by atoms with van der Waals surface area (Å²) in [6, 6.07) is 0.676. The van der Waals surface area contributed by atoms with E-state index in [4.69, 9.17) is 0 Å². The number of fused-ring (bicyclic) bond motifs is 1. The molecular formula is C13H17NO. The number of ketones is 1. The van der Waals surface area contributed by atoms with Crippen molar-refractivity contribution in [3.8, 4) is 0 Å². The molecular weight excluding hydrogens is 186 g/mol. The normalized spacial score (nSPS) is 35.1. The zero-order valence-electron chi connectivity index (χ0n) is 8.96. The van der Waals surface area contributed by atoms with Crippen molar-refractivity contribution in [1.29, 1.82) is 0 Å². The van der Waals surface area contributed by atoms with Crippen LogP contribution in [0.4, 0.5) is 0 Å². The van der Waals surface area contributed by atoms with E-state index in [1.54, 1.807) is 6.08 Å². The highest BCUT2D eigenvalue weighted by molar-refractivity contribution is 5.93. The second kappa shape index (κ2) is 3.60. The monoisotopic (exact) mass is 203 g/mol. The van der Waals surface area contributed by atoms with E-state index in [0.29, 0.717) is 12.5 Å². The summed E-state index contributed by atoms with van der Waals surface area (Å²) in [4.78, 5) is 11.3. The fraction of sp³-hybridized carbons (Fsp3) is 0.615. The predicted octanol–water partition coefficient (Wildman–Crippen LogP) is 1.97. The minimum atomic E-state index is 0.288. The molecule has 15 heavy (non-hydrogen) atoms. The molecule has 0 radical (unpaired) electrons. The van der Waals surface area contributed by atoms with Crippen molar-refractivity contribution in [3.05, 3.63) is 23.3 Å². The molecule has 3 rings (SSSR count). The molecule has 2 aliphatic carbocycles. The first-order chi connectivity index (χ1) is 7.33. The zero-order valence-corrected chi connectivity index (χ0v) is 8.96. The zero-order chi connectivity index (χ0) is 10.3. The quantitative estimate of drug-likeness (QED) is 0.652. The molecule has 0 amide bonds. The number of piperidine rings is 1. The van der Waals surface area contributed by atoms with Crippen LogP contribution in [-0.4, -0.2) is 18.4 Å². The predicted molar refractivity (Wildman–Crippen MR) is 59.5 cm³/mol. The van der Waals surface area contributed by atoms with Crippen molar-refractivity contribution >= 4 is 5.78 Å². The largest absolute Gasteiger partial charge is 0.313 e. The standard InChI is InChI=1S/C13H17NO/c15-12-4-3-9-8-13-10(2-1-5-14-13)6-11(9)7-12/h3-4,10,13-14H,1-2,5-8H2. The third-order valence-electron chi connectivity index (χ3n) is 3.99. The number of nitrogens with one attached hydrogen (secondary N) is 1. The molecule has 0 aromatic rings. The van der Waals surface area contributed by atoms with Gasteiger partial charge in [0.15, 0.2) is 5.78 Å². The SMILES string of the molecule is O=C1C=CC2=C(C1)CC1CCCNC1C2. The number of rotatable bonds is 0. The second-order valence-electron chi connectivity index (χ2n) is 4.98. The van der Waals surface area contributed by atoms with Crippen LogP contribution in [0, 0.1) is 5.92 Å². The van der Waals surface area contributed by atoms with Gasteiger partial charge in [-0.05, 0) is 49.8 Å². The van der Waals surface area contributed by atoms with Gasteiger partial charge in [0, 0.05) is 12.5 Å². The van der Waals surface area contributed by atoms with E-state index in [0.717, 1.165) is 18.8 Å². The van der Waals surface area contributed by atoms with Crippen LogP contribution < -0.4 is 5.32 Å². The fourth-order valence-electron chi connectivity index (χ4n) is 3.17. The highest BCUT2D eigenvalue weighted by atomic mass is 16.1. The third-order valence-corrected chi connectivity index (χ3v) is 3.99. The van der Waals surface area contributed by atoms with Crippen molar-refractivity contribution in [2.45, 2.75) is 38.1 Å². The number of carbonyl (C=O) groups excluding carboxylic acids is 1. The van der Waals surface area contributed by atoms with Gasteiger partial charge in [0.1, 0.15) is 0 Å². The van der Waals surface area contributed by atoms with Crippen molar-refractivity contribution in [2.75, 3.05) is 6.54 Å². The van der Waals surface area contributed by atoms with Gasteiger partial charge in [-0.15, -0.1) is 0 Å². The summed E-state index contributed by atoms with van der Waals surface area (Å²) in [6.45, 7) is 1.17. The van der Waals surface area contributed by atoms with Gasteiger partial charge in [0.25, 0.3) is 0 Å². The molecule has 3 aliphatic rings. The summed E-state index contributed by atoms with van der Waals surface area (Å²) in [7, 11) is 0. The van der Waals surface area contributed by atoms with E-state index in [9.17, 15) is 4.79 Å². The van der Waals surface area contributed by atoms with Gasteiger partial charge < -0.3 is 5.32 Å². The molecule has 1 saturated heterocycles. The molecule has 1 N–H and O–H groups in total. The van der Waals surface area contributed by atoms with Crippen molar-refractivity contribution in [3.63, 3.8) is 0 Å². The average molecular weight is 203 g/mol. The number of carbonyl (C=O) groups is 1. The Morgan fingerprint density at radius 1 is 1.27 bits per heavy atom. The molecule has 2 heteroatoms. The molecule has 1 aliphatic heterocycles. The van der Waals surface area contributed by atoms with Crippen LogP contribution in [0.15, 0.2) is 23.3 Å². The first-order valence-corrected chi connectivity index (χ1v) is 5.98. The van der Waals surface area contributed by atoms with Crippen LogP contribution in [0.1, 0.15) is 32.1 Å². The topological polar surface area (TPSA) is 29.1 Å². The Kier molecular flexibility index (Phi) is 2.24. The maximum atomic E-state index is 11.3. The molecule has 2 nitrogen and oxygen atoms in total. The molecule has 0 saturated carbocycles. The van der Waals surface area contributed by atoms with Gasteiger partial charge in [-0.1, -0.05) is 11.6 Å². The minimum Gasteiger partial charge on any atom is -0.313 e. The van der Waals surface area contributed by atoms with Gasteiger partial charge in [0.2, 0.25) is 0 Å². The first kappa shape index (κ1) is 9.34. The molecule has 2 atom stereocenters. The second-order valence-corrected chi connectivity index (χ2v) is 4.98. The van der Waals surface area contributed by atoms with Gasteiger partial charge in [0.05, 0.1) is 0 Å². The molecule has 2 unspecified atom stereocenters. The summed E-state index contributed by atoms with van der Waals surface area (Å²) >= 11 is 0. The molecule has 0 spiro atoms. The van der Waals surface area contributed by atoms with Gasteiger partial charge >= 0.3 is 0 Å². The summed E-state index contributed by atoms with van der Waals surface area (Å²) in [5, 5.41) is 3.61. The summed E-state index contributed by atoms with van der Waals surface area (Å²) in [5.41, 5.74) is 2.86. The van der Waals surface area contributed by atoms with Crippen LogP contribution in [0.3, 0.4) is 0 Å². The van der Waals surface area contributed by atoms with Crippen molar-refractivity contribution in [1.82, 2.24) is 5.32 Å². The highest BCUT2D eigenvalue weighted by Crippen LogP contribution is 2.37. The molecule has 0 aromatic carbocycles. The van der Waals surface area contributed by atoms with Crippen LogP contribution in [-0.2, 0) is 4.79 Å². The maximum absolute atomic E-state index is 11.3. The molecule has 0 bridgehead atoms. The lowest BCUT2D eigenvalue weighted by molar-refractivity contribution is -0.114. The van der Waals surface area contributed by atoms with Crippen molar-refractivity contribution in [2.24, 2.45) is 5.92 Å². The summed E-state index contributed by atoms with van der Waals surface area (Å²) in [5.74, 6) is 1.08. The molecule has 80 valence electrons. The van der Waals surface area contributed by atoms with Crippen LogP contribution >= 0.6 is 0 Å². The Balaban J connectivity index is 1.84. The van der Waals surface area contributed by atoms with Gasteiger partial charge in [-0.3, -0.25) is 4.79 Å². The Hall–Kier alpha value is -0.890. The lowest BCUT2D eigenvalue weighted by atomic mass is 9.74. The Morgan fingerprint density at radius 3 is 3.13 bits per heavy atom. The maximum Gasteiger partial charge on any atom is 0.159 e. The van der Waals surface area contributed by atoms with Crippen molar-refractivity contribution < 1.29 is 4.79 Å². The summed E-state index contributed by atoms with van der Waals surface area (Å²) in [6.07, 6.45) is 9.43. The van der Waals surface area contributed by atoms with E-state index in [-0.39, 0.29) is 5.78 Å². The first-order valence-electron chi connectivity index (χ1n) is 5.98. The van der Waals surface area contributed by atoms with E-state index < -0.39 is 0 Å². The minimum absolute atomic E-state index is 0.288. The lowest BCUT2D eigenvalue weighted by Gasteiger charge is -2.38. The van der Waals surface area contributed by atoms with Crippen LogP contribution in [0.25, 0.3) is 0 Å². The van der Waals surface area contributed by atoms with E-state index >= 15 is 0 Å². The Labute approximate surface area is 90.4 Å². The lowest BCUT2D eigenvalue weighted by Crippen LogP contribution is -2.43. The number of hydrogen-bond acceptors (Lipinski definition) is 2. The average Bonchev–Trinajstić information content (AvgIpc) is 2.26. The molecule has 1 fully saturated rings. The van der Waals surface area contributed by atoms with Crippen LogP contribution in [0.2, 0.25) is 0 Å². The van der Waals surface area contributed by atoms with E-state index in [1.807, 2.05) is 6.08 Å². The van der Waals surface area contributed by atoms with Crippen LogP contribution in [0.5, 0.6) is 0 Å². The fourth-order valence-corrected chi connectivity index (χ4v) is 3.17. The number of hydrogen-bond donors (Lipinski definition) is 1. The van der Waals surface area contributed by atoms with E-state index in [2.05, 4.69) is 5.32 Å². The van der Waals surface area contributed by atoms with E-state index in [1.165, 1.54) is 30.5 Å². The Bertz CT molecular complexity index is 354. The number of allylic oxidation sites excluding steroid dienone is 3. The smallest absolute Gasteiger partial charge is 0.159 e. The third kappa shape index (κ3) is 1.67. The summed E-state index contributed by atoms with van der Waals surface area (Å²) < 4.78 is 0. The Morgan fingerprint density at radius 2 is 2.20 bits per heavy atom. The highest BCUT2D eigenvalue weighted by Gasteiger charge is 2.32. The molecule has 0 aromatic heterocycles. The van der Waals surface area contributed by atoms with Gasteiger partial charge in [-0.2, -0.15) is 0 Å². The van der Waals surface area contributed by atoms with Gasteiger partial charge in [-0.25, -0.2) is 0 Å². The molecule has 1 heterocycles.